The van der Waals surface area contributed by atoms with E-state index < -0.39 is 8.07 Å². The molecule has 0 fully saturated rings. The highest BCUT2D eigenvalue weighted by molar-refractivity contribution is 7.26. The highest BCUT2D eigenvalue weighted by atomic mass is 32.1. The van der Waals surface area contributed by atoms with Crippen LogP contribution in [-0.2, 0) is 0 Å². The molecule has 0 saturated heterocycles. The molecule has 3 heteroatoms. The Balaban J connectivity index is 1.13. The van der Waals surface area contributed by atoms with Gasteiger partial charge >= 0.3 is 0 Å². The lowest BCUT2D eigenvalue weighted by Gasteiger charge is -2.27. The molecule has 0 amide bonds. The van der Waals surface area contributed by atoms with Crippen LogP contribution in [0.2, 0.25) is 13.1 Å². The molecule has 2 heterocycles. The van der Waals surface area contributed by atoms with E-state index in [4.69, 9.17) is 0 Å². The predicted octanol–water partition coefficient (Wildman–Crippen LogP) is 12.8. The van der Waals surface area contributed by atoms with E-state index in [0.29, 0.717) is 0 Å². The fraction of sp³-hybridized carbons (Fsp3) is 0.0417. The summed E-state index contributed by atoms with van der Waals surface area (Å²) < 4.78 is 2.78. The molecule has 0 aliphatic carbocycles. The molecule has 0 bridgehead atoms. The van der Waals surface area contributed by atoms with E-state index in [-0.39, 0.29) is 0 Å². The molecule has 0 unspecified atom stereocenters. The molecule has 10 rings (SSSR count). The van der Waals surface area contributed by atoms with E-state index in [1.807, 2.05) is 11.3 Å². The van der Waals surface area contributed by atoms with Crippen LogP contribution < -0.4 is 15.3 Å². The van der Waals surface area contributed by atoms with Crippen LogP contribution >= 0.6 is 11.3 Å². The van der Waals surface area contributed by atoms with Crippen LogP contribution in [-0.4, -0.2) is 8.07 Å². The second kappa shape index (κ2) is 11.7. The maximum Gasteiger partial charge on any atom is 0.113 e. The average Bonchev–Trinajstić information content (AvgIpc) is 3.67. The summed E-state index contributed by atoms with van der Waals surface area (Å²) in [6.07, 6.45) is 0. The molecule has 1 aliphatic rings. The van der Waals surface area contributed by atoms with Gasteiger partial charge in [0.25, 0.3) is 0 Å². The minimum atomic E-state index is -1.89. The van der Waals surface area contributed by atoms with Crippen molar-refractivity contribution < 1.29 is 0 Å². The molecule has 0 radical (unpaired) electrons. The standard InChI is InChI=1S/C48H35NSSi/c1-51(2)45-28-26-40(31-43(45)47-46(51)29-27-42-41-14-8-9-15-44(41)50-48(42)47)49(38-22-18-34(19-23-38)32-10-4-3-5-11-32)39-24-20-35(21-25-39)37-17-16-33-12-6-7-13-36(33)30-37/h3-31H,1-2H3. The van der Waals surface area contributed by atoms with Gasteiger partial charge in [-0.2, -0.15) is 0 Å². The van der Waals surface area contributed by atoms with Crippen LogP contribution in [0.4, 0.5) is 17.1 Å². The van der Waals surface area contributed by atoms with Crippen LogP contribution in [0, 0.1) is 0 Å². The zero-order valence-electron chi connectivity index (χ0n) is 28.6. The third-order valence-electron chi connectivity index (χ3n) is 10.9. The van der Waals surface area contributed by atoms with Crippen LogP contribution in [0.5, 0.6) is 0 Å². The second-order valence-electron chi connectivity index (χ2n) is 14.2. The summed E-state index contributed by atoms with van der Waals surface area (Å²) >= 11 is 1.95. The van der Waals surface area contributed by atoms with Gasteiger partial charge in [-0.05, 0) is 103 Å². The van der Waals surface area contributed by atoms with Gasteiger partial charge in [-0.3, -0.25) is 0 Å². The van der Waals surface area contributed by atoms with Gasteiger partial charge in [-0.15, -0.1) is 11.3 Å². The zero-order valence-corrected chi connectivity index (χ0v) is 30.4. The number of fused-ring (bicyclic) bond motifs is 8. The summed E-state index contributed by atoms with van der Waals surface area (Å²) in [6, 6.07) is 65.0. The van der Waals surface area contributed by atoms with Crippen molar-refractivity contribution >= 4 is 77.8 Å². The molecule has 0 atom stereocenters. The molecule has 242 valence electrons. The number of rotatable bonds is 5. The van der Waals surface area contributed by atoms with Crippen molar-refractivity contribution in [1.82, 2.24) is 0 Å². The van der Waals surface area contributed by atoms with E-state index in [2.05, 4.69) is 194 Å². The summed E-state index contributed by atoms with van der Waals surface area (Å²) in [7, 11) is -1.89. The second-order valence-corrected chi connectivity index (χ2v) is 19.6. The van der Waals surface area contributed by atoms with Crippen molar-refractivity contribution in [1.29, 1.82) is 0 Å². The number of hydrogen-bond acceptors (Lipinski definition) is 2. The first kappa shape index (κ1) is 30.1. The normalized spacial score (nSPS) is 13.1. The van der Waals surface area contributed by atoms with Crippen LogP contribution in [0.3, 0.4) is 0 Å². The summed E-state index contributed by atoms with van der Waals surface area (Å²) in [5, 5.41) is 8.33. The maximum absolute atomic E-state index is 2.52. The summed E-state index contributed by atoms with van der Waals surface area (Å²) in [4.78, 5) is 2.43. The summed E-state index contributed by atoms with van der Waals surface area (Å²) in [5.74, 6) is 0. The molecule has 51 heavy (non-hydrogen) atoms. The predicted molar refractivity (Wildman–Crippen MR) is 225 cm³/mol. The molecular weight excluding hydrogens is 651 g/mol. The van der Waals surface area contributed by atoms with Crippen molar-refractivity contribution in [3.05, 3.63) is 176 Å². The molecule has 8 aromatic carbocycles. The Bertz CT molecular complexity index is 2760. The van der Waals surface area contributed by atoms with Crippen molar-refractivity contribution in [3.8, 4) is 33.4 Å². The Kier molecular flexibility index (Phi) is 6.89. The molecular formula is C48H35NSSi. The van der Waals surface area contributed by atoms with Crippen molar-refractivity contribution in [3.63, 3.8) is 0 Å². The Hall–Kier alpha value is -5.74. The minimum absolute atomic E-state index is 1.14. The number of benzene rings is 8. The van der Waals surface area contributed by atoms with Gasteiger partial charge < -0.3 is 4.90 Å². The van der Waals surface area contributed by atoms with Crippen LogP contribution in [0.1, 0.15) is 0 Å². The number of nitrogens with zero attached hydrogens (tertiary/aromatic N) is 1. The molecule has 0 saturated carbocycles. The molecule has 1 aromatic heterocycles. The molecule has 0 spiro atoms. The lowest BCUT2D eigenvalue weighted by atomic mass is 10.00. The number of hydrogen-bond donors (Lipinski definition) is 0. The highest BCUT2D eigenvalue weighted by Gasteiger charge is 2.39. The maximum atomic E-state index is 2.52. The van der Waals surface area contributed by atoms with Crippen LogP contribution in [0.15, 0.2) is 176 Å². The zero-order chi connectivity index (χ0) is 34.1. The summed E-state index contributed by atoms with van der Waals surface area (Å²) in [5.41, 5.74) is 11.2. The number of thiophene rings is 1. The minimum Gasteiger partial charge on any atom is -0.310 e. The molecule has 1 aliphatic heterocycles. The van der Waals surface area contributed by atoms with Gasteiger partial charge in [0.1, 0.15) is 8.07 Å². The first-order valence-corrected chi connectivity index (χ1v) is 21.5. The van der Waals surface area contributed by atoms with E-state index in [9.17, 15) is 0 Å². The van der Waals surface area contributed by atoms with Gasteiger partial charge in [0, 0.05) is 37.2 Å². The van der Waals surface area contributed by atoms with Gasteiger partial charge in [-0.1, -0.05) is 140 Å². The van der Waals surface area contributed by atoms with Crippen LogP contribution in [0.25, 0.3) is 64.3 Å². The molecule has 9 aromatic rings. The quantitative estimate of drug-likeness (QED) is 0.163. The lowest BCUT2D eigenvalue weighted by Crippen LogP contribution is -2.49. The first-order valence-electron chi connectivity index (χ1n) is 17.7. The van der Waals surface area contributed by atoms with Gasteiger partial charge in [0.05, 0.1) is 0 Å². The molecule has 0 N–H and O–H groups in total. The Morgan fingerprint density at radius 2 is 1.02 bits per heavy atom. The number of anilines is 3. The van der Waals surface area contributed by atoms with E-state index in [1.54, 1.807) is 5.19 Å². The SMILES string of the molecule is C[Si]1(C)c2ccc(N(c3ccc(-c4ccccc4)cc3)c3ccc(-c4ccc5ccccc5c4)cc3)cc2-c2c1ccc1c2sc2ccccc21. The Morgan fingerprint density at radius 1 is 0.431 bits per heavy atom. The topological polar surface area (TPSA) is 3.24 Å². The Labute approximate surface area is 303 Å². The fourth-order valence-electron chi connectivity index (χ4n) is 8.20. The third kappa shape index (κ3) is 4.88. The molecule has 1 nitrogen and oxygen atoms in total. The average molecular weight is 686 g/mol. The summed E-state index contributed by atoms with van der Waals surface area (Å²) in [6.45, 7) is 5.03. The van der Waals surface area contributed by atoms with Crippen molar-refractivity contribution in [2.24, 2.45) is 0 Å². The smallest absolute Gasteiger partial charge is 0.113 e. The van der Waals surface area contributed by atoms with Gasteiger partial charge in [-0.25, -0.2) is 0 Å². The van der Waals surface area contributed by atoms with Crippen molar-refractivity contribution in [2.75, 3.05) is 4.90 Å². The Morgan fingerprint density at radius 3 is 1.78 bits per heavy atom. The van der Waals surface area contributed by atoms with Gasteiger partial charge in [0.2, 0.25) is 0 Å². The van der Waals surface area contributed by atoms with E-state index >= 15 is 0 Å². The third-order valence-corrected chi connectivity index (χ3v) is 15.6. The van der Waals surface area contributed by atoms with E-state index in [1.165, 1.54) is 75.2 Å². The fourth-order valence-corrected chi connectivity index (χ4v) is 12.6. The van der Waals surface area contributed by atoms with Gasteiger partial charge in [0.15, 0.2) is 0 Å². The lowest BCUT2D eigenvalue weighted by molar-refractivity contribution is 1.29. The largest absolute Gasteiger partial charge is 0.310 e. The highest BCUT2D eigenvalue weighted by Crippen LogP contribution is 2.44. The monoisotopic (exact) mass is 685 g/mol. The van der Waals surface area contributed by atoms with E-state index in [0.717, 1.165) is 11.4 Å². The van der Waals surface area contributed by atoms with Crippen molar-refractivity contribution in [2.45, 2.75) is 13.1 Å². The first-order chi connectivity index (χ1) is 25.0.